The van der Waals surface area contributed by atoms with Crippen molar-refractivity contribution in [1.82, 2.24) is 9.97 Å². The standard InChI is InChI=1S/C21H20BF7O.C21H9F8NO.C8H5ClFN/c1-19(2)9-22(10-20(19,3)4)11-5-13(23)17(14(24)6-11)21(28,29)30-12-7-15(25)18(27)16(26)8-12;1-2-3-10-4-17(26)20(30-9-10)11-5-13(22)18(14(23)6-11)21(28,29)31-12-7-15(24)19(27)16(25)8-12;1-2-3-6-4-7(10)8(9)11-5-6/h5-8H,9-10H2,1-4H3;4-9H,1H3;4-5H,1H3. The lowest BCUT2D eigenvalue weighted by Gasteiger charge is -2.35. The van der Waals surface area contributed by atoms with Crippen molar-refractivity contribution in [2.75, 3.05) is 0 Å². The molecule has 378 valence electrons. The first-order valence-corrected chi connectivity index (χ1v) is 21.0. The van der Waals surface area contributed by atoms with Crippen molar-refractivity contribution < 1.29 is 79.7 Å². The molecule has 72 heavy (non-hydrogen) atoms. The van der Waals surface area contributed by atoms with Crippen LogP contribution in [-0.2, 0) is 12.2 Å². The topological polar surface area (TPSA) is 44.2 Å². The van der Waals surface area contributed by atoms with Gasteiger partial charge in [0.2, 0.25) is 0 Å². The summed E-state index contributed by atoms with van der Waals surface area (Å²) >= 11 is 5.35. The van der Waals surface area contributed by atoms with E-state index in [2.05, 4.69) is 43.1 Å². The molecule has 0 bridgehead atoms. The molecule has 6 aromatic rings. The lowest BCUT2D eigenvalue weighted by molar-refractivity contribution is -0.190. The molecule has 0 amide bonds. The number of benzene rings is 4. The van der Waals surface area contributed by atoms with Gasteiger partial charge in [0.05, 0.1) is 0 Å². The van der Waals surface area contributed by atoms with E-state index < -0.39 is 116 Å². The zero-order valence-corrected chi connectivity index (χ0v) is 38.8. The van der Waals surface area contributed by atoms with E-state index >= 15 is 0 Å². The number of rotatable bonds is 8. The van der Waals surface area contributed by atoms with Gasteiger partial charge in [-0.15, -0.1) is 11.8 Å². The second kappa shape index (κ2) is 21.9. The Balaban J connectivity index is 0.000000221. The fourth-order valence-corrected chi connectivity index (χ4v) is 7.37. The fraction of sp³-hybridized carbons (Fsp3) is 0.240. The summed E-state index contributed by atoms with van der Waals surface area (Å²) in [6, 6.07) is 5.14. The van der Waals surface area contributed by atoms with E-state index in [4.69, 9.17) is 11.6 Å². The van der Waals surface area contributed by atoms with Crippen molar-refractivity contribution in [2.24, 2.45) is 10.8 Å². The van der Waals surface area contributed by atoms with Crippen LogP contribution in [0, 0.1) is 104 Å². The summed E-state index contributed by atoms with van der Waals surface area (Å²) in [6.45, 7) is 11.1. The number of pyridine rings is 2. The molecular formula is C50H34BClF16N2O2. The molecule has 2 aromatic heterocycles. The molecule has 1 fully saturated rings. The van der Waals surface area contributed by atoms with E-state index in [1.54, 1.807) is 6.92 Å². The van der Waals surface area contributed by atoms with Gasteiger partial charge in [0.25, 0.3) is 0 Å². The van der Waals surface area contributed by atoms with Crippen LogP contribution in [0.5, 0.6) is 11.5 Å². The van der Waals surface area contributed by atoms with Crippen molar-refractivity contribution in [3.8, 4) is 46.4 Å². The molecule has 0 spiro atoms. The first-order chi connectivity index (χ1) is 33.4. The summed E-state index contributed by atoms with van der Waals surface area (Å²) in [5.41, 5.74) is -3.89. The predicted octanol–water partition coefficient (Wildman–Crippen LogP) is 14.6. The molecule has 22 heteroatoms. The van der Waals surface area contributed by atoms with E-state index in [9.17, 15) is 70.2 Å². The van der Waals surface area contributed by atoms with E-state index in [1.165, 1.54) is 19.2 Å². The maximum atomic E-state index is 14.6. The molecule has 4 aromatic carbocycles. The maximum Gasteiger partial charge on any atom is 0.432 e. The van der Waals surface area contributed by atoms with E-state index in [-0.39, 0.29) is 58.0 Å². The first kappa shape index (κ1) is 56.1. The number of aromatic nitrogens is 2. The molecule has 4 nitrogen and oxygen atoms in total. The van der Waals surface area contributed by atoms with Crippen molar-refractivity contribution in [3.63, 3.8) is 0 Å². The Kier molecular flexibility index (Phi) is 17.0. The molecule has 1 aliphatic rings. The predicted molar refractivity (Wildman–Crippen MR) is 234 cm³/mol. The molecule has 0 N–H and O–H groups in total. The highest BCUT2D eigenvalue weighted by Crippen LogP contribution is 2.53. The van der Waals surface area contributed by atoms with Gasteiger partial charge in [-0.1, -0.05) is 69.2 Å². The Bertz CT molecular complexity index is 3060. The second-order valence-electron chi connectivity index (χ2n) is 17.0. The number of alkyl halides is 4. The Morgan fingerprint density at radius 2 is 0.861 bits per heavy atom. The smallest absolute Gasteiger partial charge is 0.429 e. The highest BCUT2D eigenvalue weighted by Gasteiger charge is 2.49. The summed E-state index contributed by atoms with van der Waals surface area (Å²) in [6.07, 6.45) is -5.54. The molecule has 3 heterocycles. The quantitative estimate of drug-likeness (QED) is 0.0501. The second-order valence-corrected chi connectivity index (χ2v) is 17.3. The van der Waals surface area contributed by atoms with Gasteiger partial charge in [0, 0.05) is 53.3 Å². The van der Waals surface area contributed by atoms with Crippen LogP contribution in [-0.4, -0.2) is 16.7 Å². The van der Waals surface area contributed by atoms with Crippen molar-refractivity contribution in [3.05, 3.63) is 170 Å². The molecule has 1 saturated heterocycles. The third-order valence-electron chi connectivity index (χ3n) is 11.4. The Labute approximate surface area is 406 Å². The zero-order valence-electron chi connectivity index (χ0n) is 38.1. The van der Waals surface area contributed by atoms with Crippen LogP contribution in [0.3, 0.4) is 0 Å². The Morgan fingerprint density at radius 3 is 1.22 bits per heavy atom. The molecule has 0 saturated carbocycles. The molecule has 0 radical (unpaired) electrons. The van der Waals surface area contributed by atoms with Crippen LogP contribution < -0.4 is 14.9 Å². The minimum Gasteiger partial charge on any atom is -0.429 e. The van der Waals surface area contributed by atoms with Gasteiger partial charge in [-0.05, 0) is 61.1 Å². The van der Waals surface area contributed by atoms with E-state index in [0.29, 0.717) is 30.3 Å². The molecular weight excluding hydrogens is 1010 g/mol. The maximum absolute atomic E-state index is 14.6. The van der Waals surface area contributed by atoms with Gasteiger partial charge >= 0.3 is 12.2 Å². The third-order valence-corrected chi connectivity index (χ3v) is 11.6. The zero-order chi connectivity index (χ0) is 53.8. The monoisotopic (exact) mass is 1040 g/mol. The van der Waals surface area contributed by atoms with Gasteiger partial charge in [-0.2, -0.15) is 17.6 Å². The highest BCUT2D eigenvalue weighted by molar-refractivity contribution is 6.74. The largest absolute Gasteiger partial charge is 0.432 e. The van der Waals surface area contributed by atoms with Gasteiger partial charge in [0.15, 0.2) is 58.4 Å². The Hall–Kier alpha value is -6.87. The normalized spacial score (nSPS) is 13.6. The van der Waals surface area contributed by atoms with Gasteiger partial charge in [-0.3, -0.25) is 4.98 Å². The summed E-state index contributed by atoms with van der Waals surface area (Å²) in [5, 5.41) is -0.119. The average Bonchev–Trinajstić information content (AvgIpc) is 3.48. The molecule has 7 rings (SSSR count). The number of ether oxygens (including phenoxy) is 2. The van der Waals surface area contributed by atoms with Crippen LogP contribution in [0.1, 0.15) is 63.8 Å². The number of hydrogen-bond donors (Lipinski definition) is 0. The first-order valence-electron chi connectivity index (χ1n) is 20.7. The van der Waals surface area contributed by atoms with E-state index in [0.717, 1.165) is 24.4 Å². The van der Waals surface area contributed by atoms with Gasteiger partial charge in [-0.25, -0.2) is 57.7 Å². The van der Waals surface area contributed by atoms with E-state index in [1.807, 2.05) is 27.7 Å². The fourth-order valence-electron chi connectivity index (χ4n) is 7.26. The summed E-state index contributed by atoms with van der Waals surface area (Å²) < 4.78 is 229. The minimum atomic E-state index is -4.75. The van der Waals surface area contributed by atoms with Crippen molar-refractivity contribution in [2.45, 2.75) is 66.4 Å². The number of halogens is 17. The van der Waals surface area contributed by atoms with Crippen molar-refractivity contribution in [1.29, 1.82) is 0 Å². The molecule has 0 atom stereocenters. The minimum absolute atomic E-state index is 0.0799. The summed E-state index contributed by atoms with van der Waals surface area (Å²) in [5.74, 6) is -11.4. The lowest BCUT2D eigenvalue weighted by Crippen LogP contribution is -2.32. The number of hydrogen-bond acceptors (Lipinski definition) is 4. The average molecular weight is 1050 g/mol. The van der Waals surface area contributed by atoms with Crippen molar-refractivity contribution >= 4 is 23.8 Å². The van der Waals surface area contributed by atoms with Crippen LogP contribution >= 0.6 is 11.6 Å². The van der Waals surface area contributed by atoms with Crippen LogP contribution in [0.4, 0.5) is 70.2 Å². The molecule has 0 aliphatic carbocycles. The van der Waals surface area contributed by atoms with Gasteiger partial charge in [0.1, 0.15) is 51.6 Å². The molecule has 0 unspecified atom stereocenters. The summed E-state index contributed by atoms with van der Waals surface area (Å²) in [4.78, 5) is 7.27. The molecule has 1 aliphatic heterocycles. The lowest BCUT2D eigenvalue weighted by atomic mass is 9.42. The van der Waals surface area contributed by atoms with Crippen LogP contribution in [0.2, 0.25) is 17.8 Å². The summed E-state index contributed by atoms with van der Waals surface area (Å²) in [7, 11) is 0. The van der Waals surface area contributed by atoms with Crippen LogP contribution in [0.15, 0.2) is 73.1 Å². The number of nitrogens with zero attached hydrogens (tertiary/aromatic N) is 2. The van der Waals surface area contributed by atoms with Gasteiger partial charge < -0.3 is 9.47 Å². The SMILES string of the molecule is CC#Cc1cnc(-c2cc(F)c(C(F)(F)Oc3cc(F)c(F)c(F)c3)c(F)c2)c(F)c1.CC#Cc1cnc(Cl)c(F)c1.CC1(C)CB(c2cc(F)c(C(F)(F)Oc3cc(F)c(F)c(F)c3)c(F)c2)CC1(C)C. The highest BCUT2D eigenvalue weighted by atomic mass is 35.5. The Morgan fingerprint density at radius 1 is 0.500 bits per heavy atom. The third kappa shape index (κ3) is 12.8. The van der Waals surface area contributed by atoms with Crippen LogP contribution in [0.25, 0.3) is 11.3 Å².